The van der Waals surface area contributed by atoms with E-state index in [4.69, 9.17) is 10.5 Å². The van der Waals surface area contributed by atoms with Crippen molar-refractivity contribution in [3.05, 3.63) is 18.2 Å². The Bertz CT molecular complexity index is 422. The summed E-state index contributed by atoms with van der Waals surface area (Å²) in [5, 5.41) is 0. The number of rotatable bonds is 4. The smallest absolute Gasteiger partial charge is 0.144 e. The van der Waals surface area contributed by atoms with Crippen LogP contribution in [0.5, 0.6) is 5.75 Å². The molecule has 1 fully saturated rings. The Hall–Kier alpha value is -1.42. The molecule has 1 aromatic rings. The van der Waals surface area contributed by atoms with Crippen molar-refractivity contribution in [1.29, 1.82) is 0 Å². The number of anilines is 2. The highest BCUT2D eigenvalue weighted by molar-refractivity contribution is 5.62. The number of nitrogens with two attached hydrogens (primary N) is 1. The van der Waals surface area contributed by atoms with Gasteiger partial charge in [-0.25, -0.2) is 0 Å². The van der Waals surface area contributed by atoms with Crippen molar-refractivity contribution in [3.8, 4) is 5.75 Å². The maximum absolute atomic E-state index is 5.93. The van der Waals surface area contributed by atoms with E-state index in [1.54, 1.807) is 0 Å². The molecule has 4 heteroatoms. The first-order valence-corrected chi connectivity index (χ1v) is 7.13. The highest BCUT2D eigenvalue weighted by Crippen LogP contribution is 2.29. The largest absolute Gasteiger partial charge is 0.492 e. The van der Waals surface area contributed by atoms with Crippen LogP contribution in [0.2, 0.25) is 0 Å². The Morgan fingerprint density at radius 1 is 1.32 bits per heavy atom. The first-order valence-electron chi connectivity index (χ1n) is 7.13. The van der Waals surface area contributed by atoms with Gasteiger partial charge < -0.3 is 15.4 Å². The monoisotopic (exact) mass is 263 g/mol. The molecule has 106 valence electrons. The van der Waals surface area contributed by atoms with Gasteiger partial charge in [-0.1, -0.05) is 6.92 Å². The SMILES string of the molecule is CCOc1cc(N2CCN(C)C(CC)C2)ccc1N. The predicted octanol–water partition coefficient (Wildman–Crippen LogP) is 2.20. The van der Waals surface area contributed by atoms with E-state index in [1.165, 1.54) is 12.1 Å². The van der Waals surface area contributed by atoms with E-state index in [9.17, 15) is 0 Å². The molecule has 1 aromatic carbocycles. The third kappa shape index (κ3) is 3.13. The minimum Gasteiger partial charge on any atom is -0.492 e. The molecule has 0 saturated carbocycles. The highest BCUT2D eigenvalue weighted by Gasteiger charge is 2.23. The molecule has 2 rings (SSSR count). The van der Waals surface area contributed by atoms with Crippen LogP contribution in [0, 0.1) is 0 Å². The van der Waals surface area contributed by atoms with Crippen molar-refractivity contribution in [2.75, 3.05) is 43.9 Å². The second-order valence-electron chi connectivity index (χ2n) is 5.14. The molecule has 2 N–H and O–H groups in total. The summed E-state index contributed by atoms with van der Waals surface area (Å²) in [4.78, 5) is 4.87. The van der Waals surface area contributed by atoms with Gasteiger partial charge in [0, 0.05) is 37.4 Å². The van der Waals surface area contributed by atoms with Crippen LogP contribution in [0.4, 0.5) is 11.4 Å². The Kier molecular flexibility index (Phi) is 4.53. The molecule has 19 heavy (non-hydrogen) atoms. The maximum Gasteiger partial charge on any atom is 0.144 e. The van der Waals surface area contributed by atoms with Crippen LogP contribution in [0.15, 0.2) is 18.2 Å². The fourth-order valence-electron chi connectivity index (χ4n) is 2.62. The van der Waals surface area contributed by atoms with Crippen molar-refractivity contribution < 1.29 is 4.74 Å². The van der Waals surface area contributed by atoms with Crippen LogP contribution in [-0.2, 0) is 0 Å². The zero-order valence-electron chi connectivity index (χ0n) is 12.2. The minimum absolute atomic E-state index is 0.627. The van der Waals surface area contributed by atoms with Crippen molar-refractivity contribution >= 4 is 11.4 Å². The third-order valence-corrected chi connectivity index (χ3v) is 3.91. The van der Waals surface area contributed by atoms with Crippen molar-refractivity contribution in [2.45, 2.75) is 26.3 Å². The summed E-state index contributed by atoms with van der Waals surface area (Å²) in [7, 11) is 2.21. The quantitative estimate of drug-likeness (QED) is 0.846. The minimum atomic E-state index is 0.627. The fourth-order valence-corrected chi connectivity index (χ4v) is 2.62. The summed E-state index contributed by atoms with van der Waals surface area (Å²) >= 11 is 0. The van der Waals surface area contributed by atoms with E-state index in [0.29, 0.717) is 18.3 Å². The predicted molar refractivity (Wildman–Crippen MR) is 80.9 cm³/mol. The van der Waals surface area contributed by atoms with Gasteiger partial charge in [-0.15, -0.1) is 0 Å². The summed E-state index contributed by atoms with van der Waals surface area (Å²) in [6.45, 7) is 8.11. The van der Waals surface area contributed by atoms with Gasteiger partial charge in [0.2, 0.25) is 0 Å². The molecule has 0 bridgehead atoms. The van der Waals surface area contributed by atoms with Crippen molar-refractivity contribution in [1.82, 2.24) is 4.90 Å². The van der Waals surface area contributed by atoms with Crippen LogP contribution in [0.3, 0.4) is 0 Å². The molecule has 1 aliphatic heterocycles. The lowest BCUT2D eigenvalue weighted by atomic mass is 10.1. The summed E-state index contributed by atoms with van der Waals surface area (Å²) in [6, 6.07) is 6.73. The first kappa shape index (κ1) is 14.0. The summed E-state index contributed by atoms with van der Waals surface area (Å²) in [6.07, 6.45) is 1.18. The van der Waals surface area contributed by atoms with E-state index in [1.807, 2.05) is 13.0 Å². The van der Waals surface area contributed by atoms with E-state index in [0.717, 1.165) is 25.4 Å². The topological polar surface area (TPSA) is 41.7 Å². The van der Waals surface area contributed by atoms with Crippen molar-refractivity contribution in [2.24, 2.45) is 0 Å². The molecule has 1 atom stereocenters. The van der Waals surface area contributed by atoms with E-state index >= 15 is 0 Å². The molecule has 1 aliphatic rings. The summed E-state index contributed by atoms with van der Waals surface area (Å²) in [5.74, 6) is 0.798. The van der Waals surface area contributed by atoms with Gasteiger partial charge in [0.15, 0.2) is 0 Å². The molecule has 1 heterocycles. The highest BCUT2D eigenvalue weighted by atomic mass is 16.5. The zero-order chi connectivity index (χ0) is 13.8. The standard InChI is InChI=1S/C15H25N3O/c1-4-12-11-18(9-8-17(12)3)13-6-7-14(16)15(10-13)19-5-2/h6-7,10,12H,4-5,8-9,11,16H2,1-3H3. The van der Waals surface area contributed by atoms with Crippen LogP contribution in [0.25, 0.3) is 0 Å². The average molecular weight is 263 g/mol. The number of likely N-dealkylation sites (N-methyl/N-ethyl adjacent to an activating group) is 1. The van der Waals surface area contributed by atoms with Gasteiger partial charge in [0.25, 0.3) is 0 Å². The number of hydrogen-bond acceptors (Lipinski definition) is 4. The van der Waals surface area contributed by atoms with Crippen LogP contribution in [-0.4, -0.2) is 44.2 Å². The van der Waals surface area contributed by atoms with Gasteiger partial charge in [0.05, 0.1) is 12.3 Å². The number of benzene rings is 1. The second-order valence-corrected chi connectivity index (χ2v) is 5.14. The molecule has 0 spiro atoms. The molecule has 0 aromatic heterocycles. The van der Waals surface area contributed by atoms with Gasteiger partial charge in [-0.05, 0) is 32.5 Å². The third-order valence-electron chi connectivity index (χ3n) is 3.91. The molecule has 1 unspecified atom stereocenters. The summed E-state index contributed by atoms with van der Waals surface area (Å²) < 4.78 is 5.58. The maximum atomic E-state index is 5.93. The van der Waals surface area contributed by atoms with Gasteiger partial charge in [-0.2, -0.15) is 0 Å². The molecular weight excluding hydrogens is 238 g/mol. The average Bonchev–Trinajstić information content (AvgIpc) is 2.42. The Morgan fingerprint density at radius 2 is 2.11 bits per heavy atom. The number of hydrogen-bond donors (Lipinski definition) is 1. The lowest BCUT2D eigenvalue weighted by molar-refractivity contribution is 0.213. The van der Waals surface area contributed by atoms with Gasteiger partial charge in [-0.3, -0.25) is 4.90 Å². The lowest BCUT2D eigenvalue weighted by Gasteiger charge is -2.40. The zero-order valence-corrected chi connectivity index (χ0v) is 12.2. The van der Waals surface area contributed by atoms with Crippen LogP contribution in [0.1, 0.15) is 20.3 Å². The molecule has 4 nitrogen and oxygen atoms in total. The normalized spacial score (nSPS) is 20.6. The van der Waals surface area contributed by atoms with Crippen molar-refractivity contribution in [3.63, 3.8) is 0 Å². The molecule has 0 aliphatic carbocycles. The van der Waals surface area contributed by atoms with E-state index < -0.39 is 0 Å². The van der Waals surface area contributed by atoms with E-state index in [2.05, 4.69) is 35.9 Å². The first-order chi connectivity index (χ1) is 9.15. The molecular formula is C15H25N3O. The van der Waals surface area contributed by atoms with Crippen LogP contribution < -0.4 is 15.4 Å². The number of ether oxygens (including phenoxy) is 1. The Labute approximate surface area is 116 Å². The number of nitrogens with zero attached hydrogens (tertiary/aromatic N) is 2. The second kappa shape index (κ2) is 6.15. The molecule has 1 saturated heterocycles. The summed E-state index contributed by atoms with van der Waals surface area (Å²) in [5.41, 5.74) is 7.86. The number of piperazine rings is 1. The molecule has 0 radical (unpaired) electrons. The van der Waals surface area contributed by atoms with Gasteiger partial charge in [0.1, 0.15) is 5.75 Å². The molecule has 0 amide bonds. The Balaban J connectivity index is 2.15. The Morgan fingerprint density at radius 3 is 2.79 bits per heavy atom. The van der Waals surface area contributed by atoms with Crippen LogP contribution >= 0.6 is 0 Å². The van der Waals surface area contributed by atoms with E-state index in [-0.39, 0.29) is 0 Å². The lowest BCUT2D eigenvalue weighted by Crippen LogP contribution is -2.51. The fraction of sp³-hybridized carbons (Fsp3) is 0.600. The van der Waals surface area contributed by atoms with Gasteiger partial charge >= 0.3 is 0 Å². The number of nitrogen functional groups attached to an aromatic ring is 1.